The Bertz CT molecular complexity index is 1220. The topological polar surface area (TPSA) is 89.0 Å². The molecule has 0 radical (unpaired) electrons. The van der Waals surface area contributed by atoms with Gasteiger partial charge in [-0.1, -0.05) is 18.2 Å². The number of aromatic nitrogens is 3. The first-order valence-electron chi connectivity index (χ1n) is 8.63. The van der Waals surface area contributed by atoms with Crippen molar-refractivity contribution in [1.29, 1.82) is 0 Å². The Labute approximate surface area is 164 Å². The number of amides is 1. The van der Waals surface area contributed by atoms with E-state index in [1.165, 1.54) is 17.4 Å². The molecule has 1 amide bonds. The molecule has 0 bridgehead atoms. The first kappa shape index (κ1) is 18.0. The average Bonchev–Trinajstić information content (AvgIpc) is 3.30. The number of hydrogen-bond acceptors (Lipinski definition) is 5. The zero-order valence-corrected chi connectivity index (χ0v) is 16.2. The quantitative estimate of drug-likeness (QED) is 0.543. The number of carbonyl (C=O) groups excluding carboxylic acids is 1. The van der Waals surface area contributed by atoms with Gasteiger partial charge in [-0.05, 0) is 13.0 Å². The summed E-state index contributed by atoms with van der Waals surface area (Å²) in [6.45, 7) is 1.56. The predicted octanol–water partition coefficient (Wildman–Crippen LogP) is 3.32. The summed E-state index contributed by atoms with van der Waals surface area (Å²) < 4.78 is 7.14. The van der Waals surface area contributed by atoms with Crippen LogP contribution in [0.1, 0.15) is 5.69 Å². The molecule has 28 heavy (non-hydrogen) atoms. The third-order valence-corrected chi connectivity index (χ3v) is 5.18. The molecule has 142 valence electrons. The van der Waals surface area contributed by atoms with E-state index in [1.807, 2.05) is 49.8 Å². The van der Waals surface area contributed by atoms with Gasteiger partial charge in [0, 0.05) is 53.0 Å². The molecular weight excluding hydrogens is 376 g/mol. The third kappa shape index (κ3) is 3.54. The summed E-state index contributed by atoms with van der Waals surface area (Å²) in [7, 11) is 1.81. The first-order valence-corrected chi connectivity index (χ1v) is 9.51. The van der Waals surface area contributed by atoms with Gasteiger partial charge in [-0.25, -0.2) is 4.98 Å². The molecule has 3 heterocycles. The number of thiazole rings is 1. The Morgan fingerprint density at radius 1 is 1.36 bits per heavy atom. The number of anilines is 1. The molecule has 0 aliphatic heterocycles. The van der Waals surface area contributed by atoms with Crippen LogP contribution in [0.5, 0.6) is 5.75 Å². The van der Waals surface area contributed by atoms with Crippen molar-refractivity contribution in [2.45, 2.75) is 6.92 Å². The van der Waals surface area contributed by atoms with Gasteiger partial charge in [-0.2, -0.15) is 0 Å². The normalized spacial score (nSPS) is 10.9. The smallest absolute Gasteiger partial charge is 0.264 e. The van der Waals surface area contributed by atoms with E-state index in [2.05, 4.69) is 15.3 Å². The molecule has 1 aromatic carbocycles. The zero-order valence-electron chi connectivity index (χ0n) is 15.4. The number of aromatic amines is 1. The zero-order chi connectivity index (χ0) is 19.7. The molecule has 0 spiro atoms. The number of nitrogens with zero attached hydrogens (tertiary/aromatic N) is 2. The number of nitrogens with one attached hydrogen (secondary N) is 2. The van der Waals surface area contributed by atoms with Gasteiger partial charge in [0.15, 0.2) is 17.5 Å². The van der Waals surface area contributed by atoms with Gasteiger partial charge in [0.25, 0.3) is 5.91 Å². The van der Waals surface area contributed by atoms with Gasteiger partial charge >= 0.3 is 0 Å². The summed E-state index contributed by atoms with van der Waals surface area (Å²) in [5.74, 6) is -0.232. The highest BCUT2D eigenvalue weighted by molar-refractivity contribution is 7.14. The van der Waals surface area contributed by atoms with Gasteiger partial charge in [0.2, 0.25) is 5.43 Å². The Balaban J connectivity index is 1.43. The minimum Gasteiger partial charge on any atom is -0.478 e. The Morgan fingerprint density at radius 2 is 2.18 bits per heavy atom. The van der Waals surface area contributed by atoms with E-state index in [0.29, 0.717) is 5.13 Å². The SMILES string of the molecule is Cc1cc(=O)c(OCC(=O)Nc2nc(-c3c[nH]c4ccccc34)cs2)cn1C. The fraction of sp³-hybridized carbons (Fsp3) is 0.150. The fourth-order valence-electron chi connectivity index (χ4n) is 2.85. The van der Waals surface area contributed by atoms with E-state index in [9.17, 15) is 9.59 Å². The van der Waals surface area contributed by atoms with Crippen LogP contribution in [0, 0.1) is 6.92 Å². The number of carbonyl (C=O) groups is 1. The molecule has 2 N–H and O–H groups in total. The highest BCUT2D eigenvalue weighted by Gasteiger charge is 2.12. The number of H-pyrrole nitrogens is 1. The van der Waals surface area contributed by atoms with Crippen LogP contribution in [0.15, 0.2) is 52.9 Å². The van der Waals surface area contributed by atoms with Crippen molar-refractivity contribution in [3.8, 4) is 17.0 Å². The van der Waals surface area contributed by atoms with E-state index >= 15 is 0 Å². The van der Waals surface area contributed by atoms with Crippen molar-refractivity contribution in [3.05, 3.63) is 64.0 Å². The Hall–Kier alpha value is -3.39. The van der Waals surface area contributed by atoms with Crippen molar-refractivity contribution in [3.63, 3.8) is 0 Å². The van der Waals surface area contributed by atoms with Gasteiger partial charge in [-0.15, -0.1) is 11.3 Å². The molecule has 4 aromatic rings. The maximum Gasteiger partial charge on any atom is 0.264 e. The molecular formula is C20H18N4O3S. The number of fused-ring (bicyclic) bond motifs is 1. The van der Waals surface area contributed by atoms with E-state index in [1.54, 1.807) is 10.8 Å². The molecule has 0 saturated heterocycles. The minimum absolute atomic E-state index is 0.141. The number of aryl methyl sites for hydroxylation is 2. The highest BCUT2D eigenvalue weighted by atomic mass is 32.1. The molecule has 7 nitrogen and oxygen atoms in total. The Kier molecular flexibility index (Phi) is 4.70. The van der Waals surface area contributed by atoms with Crippen molar-refractivity contribution >= 4 is 33.3 Å². The van der Waals surface area contributed by atoms with Crippen LogP contribution in [-0.4, -0.2) is 27.0 Å². The number of rotatable bonds is 5. The van der Waals surface area contributed by atoms with Crippen LogP contribution < -0.4 is 15.5 Å². The van der Waals surface area contributed by atoms with Gasteiger partial charge in [0.05, 0.1) is 5.69 Å². The van der Waals surface area contributed by atoms with Crippen molar-refractivity contribution in [2.75, 3.05) is 11.9 Å². The highest BCUT2D eigenvalue weighted by Crippen LogP contribution is 2.30. The summed E-state index contributed by atoms with van der Waals surface area (Å²) in [4.78, 5) is 31.8. The molecule has 0 unspecified atom stereocenters. The maximum atomic E-state index is 12.2. The molecule has 0 aliphatic rings. The Morgan fingerprint density at radius 3 is 3.04 bits per heavy atom. The van der Waals surface area contributed by atoms with Crippen molar-refractivity contribution in [2.24, 2.45) is 7.05 Å². The van der Waals surface area contributed by atoms with Crippen molar-refractivity contribution in [1.82, 2.24) is 14.5 Å². The summed E-state index contributed by atoms with van der Waals surface area (Å²) in [6, 6.07) is 9.44. The van der Waals surface area contributed by atoms with Crippen LogP contribution >= 0.6 is 11.3 Å². The second kappa shape index (κ2) is 7.32. The van der Waals surface area contributed by atoms with Gasteiger partial charge in [0.1, 0.15) is 0 Å². The lowest BCUT2D eigenvalue weighted by atomic mass is 10.1. The van der Waals surface area contributed by atoms with Crippen molar-refractivity contribution < 1.29 is 9.53 Å². The lowest BCUT2D eigenvalue weighted by Gasteiger charge is -2.08. The van der Waals surface area contributed by atoms with E-state index < -0.39 is 0 Å². The number of hydrogen-bond donors (Lipinski definition) is 2. The molecule has 0 aliphatic carbocycles. The number of pyridine rings is 1. The molecule has 4 rings (SSSR count). The first-order chi connectivity index (χ1) is 13.5. The molecule has 0 fully saturated rings. The summed E-state index contributed by atoms with van der Waals surface area (Å²) >= 11 is 1.34. The van der Waals surface area contributed by atoms with Crippen LogP contribution in [0.3, 0.4) is 0 Å². The molecule has 0 saturated carbocycles. The molecule has 3 aromatic heterocycles. The minimum atomic E-state index is -0.373. The average molecular weight is 394 g/mol. The van der Waals surface area contributed by atoms with Gasteiger partial charge < -0.3 is 14.3 Å². The third-order valence-electron chi connectivity index (χ3n) is 4.42. The van der Waals surface area contributed by atoms with E-state index in [-0.39, 0.29) is 23.7 Å². The number of ether oxygens (including phenoxy) is 1. The lowest BCUT2D eigenvalue weighted by molar-refractivity contribution is -0.118. The van der Waals surface area contributed by atoms with Crippen LogP contribution in [0.2, 0.25) is 0 Å². The standard InChI is InChI=1S/C20H18N4O3S/c1-12-7-17(25)18(9-24(12)2)27-10-19(26)23-20-22-16(11-28-20)14-8-21-15-6-4-3-5-13(14)15/h3-9,11,21H,10H2,1-2H3,(H,22,23,26). The number of para-hydroxylation sites is 1. The monoisotopic (exact) mass is 394 g/mol. The van der Waals surface area contributed by atoms with E-state index in [0.717, 1.165) is 27.9 Å². The largest absolute Gasteiger partial charge is 0.478 e. The molecule has 0 atom stereocenters. The predicted molar refractivity (Wildman–Crippen MR) is 110 cm³/mol. The summed E-state index contributed by atoms with van der Waals surface area (Å²) in [6.07, 6.45) is 3.48. The van der Waals surface area contributed by atoms with Gasteiger partial charge in [-0.3, -0.25) is 14.9 Å². The second-order valence-corrected chi connectivity index (χ2v) is 7.24. The summed E-state index contributed by atoms with van der Waals surface area (Å²) in [5.41, 5.74) is 3.36. The number of benzene rings is 1. The fourth-order valence-corrected chi connectivity index (χ4v) is 3.58. The molecule has 8 heteroatoms. The lowest BCUT2D eigenvalue weighted by Crippen LogP contribution is -2.22. The van der Waals surface area contributed by atoms with Crippen LogP contribution in [-0.2, 0) is 11.8 Å². The van der Waals surface area contributed by atoms with Crippen LogP contribution in [0.25, 0.3) is 22.2 Å². The van der Waals surface area contributed by atoms with E-state index in [4.69, 9.17) is 4.74 Å². The second-order valence-electron chi connectivity index (χ2n) is 6.38. The summed E-state index contributed by atoms with van der Waals surface area (Å²) in [5, 5.41) is 6.15. The van der Waals surface area contributed by atoms with Crippen LogP contribution in [0.4, 0.5) is 5.13 Å². The maximum absolute atomic E-state index is 12.2.